The number of carbonyl (C=O) groups is 1. The van der Waals surface area contributed by atoms with Gasteiger partial charge in [0.2, 0.25) is 5.91 Å². The van der Waals surface area contributed by atoms with Crippen LogP contribution < -0.4 is 5.32 Å². The van der Waals surface area contributed by atoms with Crippen LogP contribution in [0.4, 0.5) is 0 Å². The Balaban J connectivity index is 1.52. The summed E-state index contributed by atoms with van der Waals surface area (Å²) in [5.41, 5.74) is 2.06. The van der Waals surface area contributed by atoms with Gasteiger partial charge < -0.3 is 5.32 Å². The van der Waals surface area contributed by atoms with Crippen LogP contribution in [0.1, 0.15) is 49.9 Å². The van der Waals surface area contributed by atoms with E-state index in [0.29, 0.717) is 6.54 Å². The van der Waals surface area contributed by atoms with Gasteiger partial charge in [-0.3, -0.25) is 14.4 Å². The Morgan fingerprint density at radius 2 is 2.09 bits per heavy atom. The van der Waals surface area contributed by atoms with Gasteiger partial charge in [0.1, 0.15) is 0 Å². The maximum Gasteiger partial charge on any atom is 0.224 e. The molecule has 0 unspecified atom stereocenters. The van der Waals surface area contributed by atoms with Gasteiger partial charge in [-0.2, -0.15) is 5.10 Å². The first-order valence-corrected chi connectivity index (χ1v) is 8.65. The van der Waals surface area contributed by atoms with E-state index < -0.39 is 0 Å². The molecule has 1 N–H and O–H groups in total. The minimum absolute atomic E-state index is 0.156. The fourth-order valence-electron chi connectivity index (χ4n) is 3.97. The number of carbonyl (C=O) groups excluding carboxylic acids is 1. The van der Waals surface area contributed by atoms with Crippen molar-refractivity contribution in [2.75, 3.05) is 13.1 Å². The van der Waals surface area contributed by atoms with Crippen LogP contribution in [0.25, 0.3) is 0 Å². The van der Waals surface area contributed by atoms with E-state index in [4.69, 9.17) is 0 Å². The van der Waals surface area contributed by atoms with E-state index in [9.17, 15) is 4.79 Å². The topological polar surface area (TPSA) is 50.2 Å². The van der Waals surface area contributed by atoms with Crippen molar-refractivity contribution < 1.29 is 4.79 Å². The zero-order valence-electron chi connectivity index (χ0n) is 13.8. The highest BCUT2D eigenvalue weighted by atomic mass is 16.1. The molecule has 0 aromatic carbocycles. The van der Waals surface area contributed by atoms with E-state index in [1.54, 1.807) is 0 Å². The molecule has 1 saturated carbocycles. The molecule has 1 aromatic heterocycles. The summed E-state index contributed by atoms with van der Waals surface area (Å²) >= 11 is 0. The maximum atomic E-state index is 12.5. The van der Waals surface area contributed by atoms with Gasteiger partial charge in [-0.1, -0.05) is 12.8 Å². The predicted octanol–water partition coefficient (Wildman–Crippen LogP) is 2.00. The summed E-state index contributed by atoms with van der Waals surface area (Å²) in [6, 6.07) is 2.77. The molecular formula is C17H28N4O. The van der Waals surface area contributed by atoms with E-state index in [0.717, 1.165) is 36.8 Å². The average molecular weight is 304 g/mol. The Labute approximate surface area is 133 Å². The number of likely N-dealkylation sites (tertiary alicyclic amines) is 1. The number of piperidine rings is 1. The Bertz CT molecular complexity index is 519. The largest absolute Gasteiger partial charge is 0.350 e. The van der Waals surface area contributed by atoms with Crippen LogP contribution in [0.2, 0.25) is 0 Å². The molecule has 1 aromatic rings. The third-order valence-electron chi connectivity index (χ3n) is 5.21. The molecule has 0 radical (unpaired) electrons. The molecule has 1 atom stereocenters. The average Bonchev–Trinajstić information content (AvgIpc) is 3.15. The van der Waals surface area contributed by atoms with Crippen molar-refractivity contribution in [1.82, 2.24) is 20.0 Å². The zero-order valence-corrected chi connectivity index (χ0v) is 13.8. The van der Waals surface area contributed by atoms with Crippen molar-refractivity contribution in [2.24, 2.45) is 13.0 Å². The number of hydrogen-bond donors (Lipinski definition) is 1. The summed E-state index contributed by atoms with van der Waals surface area (Å²) in [6.45, 7) is 4.68. The first kappa shape index (κ1) is 15.5. The Hall–Kier alpha value is -1.36. The summed E-state index contributed by atoms with van der Waals surface area (Å²) in [7, 11) is 1.93. The first-order valence-electron chi connectivity index (χ1n) is 8.65. The summed E-state index contributed by atoms with van der Waals surface area (Å²) in [4.78, 5) is 15.0. The lowest BCUT2D eigenvalue weighted by Crippen LogP contribution is -2.46. The monoisotopic (exact) mass is 304 g/mol. The fraction of sp³-hybridized carbons (Fsp3) is 0.765. The molecular weight excluding hydrogens is 276 g/mol. The molecule has 22 heavy (non-hydrogen) atoms. The SMILES string of the molecule is Cc1cc(CNC(=O)[C@H]2CCCN(C3CCCC3)C2)n(C)n1. The molecule has 0 bridgehead atoms. The standard InChI is InChI=1S/C17H28N4O/c1-13-10-16(20(2)19-13)11-18-17(22)14-6-5-9-21(12-14)15-7-3-4-8-15/h10,14-15H,3-9,11-12H2,1-2H3,(H,18,22)/t14-/m0/s1. The number of nitrogens with one attached hydrogen (secondary N) is 1. The van der Waals surface area contributed by atoms with E-state index in [2.05, 4.69) is 15.3 Å². The Morgan fingerprint density at radius 3 is 2.77 bits per heavy atom. The summed E-state index contributed by atoms with van der Waals surface area (Å²) < 4.78 is 1.85. The van der Waals surface area contributed by atoms with Gasteiger partial charge in [0.15, 0.2) is 0 Å². The molecule has 5 heteroatoms. The minimum Gasteiger partial charge on any atom is -0.350 e. The quantitative estimate of drug-likeness (QED) is 0.925. The third kappa shape index (κ3) is 3.51. The number of rotatable bonds is 4. The van der Waals surface area contributed by atoms with Crippen molar-refractivity contribution in [3.8, 4) is 0 Å². The summed E-state index contributed by atoms with van der Waals surface area (Å²) in [5, 5.41) is 7.43. The van der Waals surface area contributed by atoms with Crippen LogP contribution in [0, 0.1) is 12.8 Å². The number of nitrogens with zero attached hydrogens (tertiary/aromatic N) is 3. The highest BCUT2D eigenvalue weighted by Crippen LogP contribution is 2.28. The normalized spacial score (nSPS) is 23.8. The van der Waals surface area contributed by atoms with Gasteiger partial charge in [-0.25, -0.2) is 0 Å². The van der Waals surface area contributed by atoms with Gasteiger partial charge in [-0.05, 0) is 45.2 Å². The van der Waals surface area contributed by atoms with Crippen molar-refractivity contribution in [2.45, 2.75) is 58.0 Å². The second kappa shape index (κ2) is 6.82. The van der Waals surface area contributed by atoms with Crippen LogP contribution in [-0.4, -0.2) is 39.7 Å². The van der Waals surface area contributed by atoms with Gasteiger partial charge in [0.05, 0.1) is 23.9 Å². The molecule has 3 rings (SSSR count). The lowest BCUT2D eigenvalue weighted by atomic mass is 9.95. The maximum absolute atomic E-state index is 12.5. The van der Waals surface area contributed by atoms with Crippen molar-refractivity contribution in [3.05, 3.63) is 17.5 Å². The zero-order chi connectivity index (χ0) is 15.5. The molecule has 5 nitrogen and oxygen atoms in total. The van der Waals surface area contributed by atoms with Gasteiger partial charge in [0, 0.05) is 19.6 Å². The predicted molar refractivity (Wildman–Crippen MR) is 86.3 cm³/mol. The first-order chi connectivity index (χ1) is 10.6. The molecule has 2 aliphatic rings. The van der Waals surface area contributed by atoms with Crippen LogP contribution >= 0.6 is 0 Å². The fourth-order valence-corrected chi connectivity index (χ4v) is 3.97. The van der Waals surface area contributed by atoms with Gasteiger partial charge in [-0.15, -0.1) is 0 Å². The van der Waals surface area contributed by atoms with E-state index in [-0.39, 0.29) is 11.8 Å². The van der Waals surface area contributed by atoms with Crippen molar-refractivity contribution in [3.63, 3.8) is 0 Å². The number of amides is 1. The molecule has 1 saturated heterocycles. The lowest BCUT2D eigenvalue weighted by molar-refractivity contribution is -0.127. The smallest absolute Gasteiger partial charge is 0.224 e. The number of aromatic nitrogens is 2. The van der Waals surface area contributed by atoms with Crippen LogP contribution in [-0.2, 0) is 18.4 Å². The molecule has 2 heterocycles. The molecule has 0 spiro atoms. The minimum atomic E-state index is 0.156. The van der Waals surface area contributed by atoms with Crippen LogP contribution in [0.15, 0.2) is 6.07 Å². The van der Waals surface area contributed by atoms with Crippen molar-refractivity contribution >= 4 is 5.91 Å². The highest BCUT2D eigenvalue weighted by molar-refractivity contribution is 5.78. The molecule has 1 amide bonds. The Morgan fingerprint density at radius 1 is 1.32 bits per heavy atom. The van der Waals surface area contributed by atoms with E-state index in [1.807, 2.05) is 24.7 Å². The van der Waals surface area contributed by atoms with Crippen molar-refractivity contribution in [1.29, 1.82) is 0 Å². The van der Waals surface area contributed by atoms with Crippen LogP contribution in [0.3, 0.4) is 0 Å². The van der Waals surface area contributed by atoms with Gasteiger partial charge in [0.25, 0.3) is 0 Å². The third-order valence-corrected chi connectivity index (χ3v) is 5.21. The van der Waals surface area contributed by atoms with Crippen LogP contribution in [0.5, 0.6) is 0 Å². The van der Waals surface area contributed by atoms with Gasteiger partial charge >= 0.3 is 0 Å². The molecule has 122 valence electrons. The molecule has 1 aliphatic carbocycles. The van der Waals surface area contributed by atoms with E-state index in [1.165, 1.54) is 32.2 Å². The number of aryl methyl sites for hydroxylation is 2. The molecule has 2 fully saturated rings. The summed E-state index contributed by atoms with van der Waals surface area (Å²) in [5.74, 6) is 0.366. The van der Waals surface area contributed by atoms with E-state index >= 15 is 0 Å². The Kier molecular flexibility index (Phi) is 4.81. The highest BCUT2D eigenvalue weighted by Gasteiger charge is 2.30. The second-order valence-corrected chi connectivity index (χ2v) is 6.89. The lowest BCUT2D eigenvalue weighted by Gasteiger charge is -2.36. The second-order valence-electron chi connectivity index (χ2n) is 6.89. The summed E-state index contributed by atoms with van der Waals surface area (Å²) in [6.07, 6.45) is 7.54. The molecule has 1 aliphatic heterocycles. The number of hydrogen-bond acceptors (Lipinski definition) is 3.